The molecule has 1 unspecified atom stereocenters. The second-order valence-corrected chi connectivity index (χ2v) is 7.21. The van der Waals surface area contributed by atoms with Crippen molar-refractivity contribution in [1.82, 2.24) is 4.90 Å². The Kier molecular flexibility index (Phi) is 6.41. The molecule has 28 heavy (non-hydrogen) atoms. The zero-order valence-electron chi connectivity index (χ0n) is 16.4. The highest BCUT2D eigenvalue weighted by molar-refractivity contribution is 7.99. The Hall–Kier alpha value is -2.74. The van der Waals surface area contributed by atoms with Crippen molar-refractivity contribution in [2.24, 2.45) is 0 Å². The van der Waals surface area contributed by atoms with Crippen LogP contribution in [0.4, 0.5) is 10.5 Å². The number of benzene rings is 2. The van der Waals surface area contributed by atoms with Gasteiger partial charge >= 0.3 is 6.03 Å². The van der Waals surface area contributed by atoms with Crippen molar-refractivity contribution in [1.29, 1.82) is 0 Å². The van der Waals surface area contributed by atoms with E-state index in [9.17, 15) is 4.79 Å². The minimum absolute atomic E-state index is 0.172. The lowest BCUT2D eigenvalue weighted by molar-refractivity contribution is 0.213. The molecular weight excluding hydrogens is 380 g/mol. The molecule has 0 radical (unpaired) electrons. The summed E-state index contributed by atoms with van der Waals surface area (Å²) in [5, 5.41) is 2.77. The molecule has 1 atom stereocenters. The normalized spacial score (nSPS) is 15.9. The highest BCUT2D eigenvalue weighted by atomic mass is 32.2. The third kappa shape index (κ3) is 4.06. The Balaban J connectivity index is 1.84. The minimum atomic E-state index is -0.205. The molecule has 150 valence electrons. The van der Waals surface area contributed by atoms with Crippen LogP contribution in [0.3, 0.4) is 0 Å². The first-order valence-electron chi connectivity index (χ1n) is 8.74. The molecule has 1 N–H and O–H groups in total. The predicted molar refractivity (Wildman–Crippen MR) is 110 cm³/mol. The molecular formula is C20H24N2O5S. The summed E-state index contributed by atoms with van der Waals surface area (Å²) < 4.78 is 21.4. The molecule has 2 aromatic carbocycles. The minimum Gasteiger partial charge on any atom is -0.497 e. The SMILES string of the molecule is COc1ccc(NC(=O)N2CCSC2c2cc(OC)ccc2OC)c(OC)c1. The second-order valence-electron chi connectivity index (χ2n) is 6.02. The van der Waals surface area contributed by atoms with Crippen LogP contribution in [0.25, 0.3) is 0 Å². The summed E-state index contributed by atoms with van der Waals surface area (Å²) >= 11 is 1.69. The Morgan fingerprint density at radius 3 is 2.32 bits per heavy atom. The van der Waals surface area contributed by atoms with Crippen molar-refractivity contribution in [2.45, 2.75) is 5.37 Å². The molecule has 0 aromatic heterocycles. The lowest BCUT2D eigenvalue weighted by Gasteiger charge is -2.26. The fraction of sp³-hybridized carbons (Fsp3) is 0.350. The van der Waals surface area contributed by atoms with E-state index in [2.05, 4.69) is 5.32 Å². The van der Waals surface area contributed by atoms with Crippen molar-refractivity contribution >= 4 is 23.5 Å². The summed E-state index contributed by atoms with van der Waals surface area (Å²) in [7, 11) is 6.38. The molecule has 7 nitrogen and oxygen atoms in total. The monoisotopic (exact) mass is 404 g/mol. The number of amides is 2. The van der Waals surface area contributed by atoms with Crippen molar-refractivity contribution in [2.75, 3.05) is 46.1 Å². The Bertz CT molecular complexity index is 845. The van der Waals surface area contributed by atoms with Gasteiger partial charge in [0.2, 0.25) is 0 Å². The number of methoxy groups -OCH3 is 4. The number of carbonyl (C=O) groups is 1. The quantitative estimate of drug-likeness (QED) is 0.785. The van der Waals surface area contributed by atoms with Crippen LogP contribution in [0.1, 0.15) is 10.9 Å². The van der Waals surface area contributed by atoms with E-state index in [0.29, 0.717) is 23.7 Å². The van der Waals surface area contributed by atoms with Crippen LogP contribution in [-0.2, 0) is 0 Å². The molecule has 0 spiro atoms. The van der Waals surface area contributed by atoms with Gasteiger partial charge in [-0.3, -0.25) is 0 Å². The second kappa shape index (κ2) is 8.97. The predicted octanol–water partition coefficient (Wildman–Crippen LogP) is 4.00. The smallest absolute Gasteiger partial charge is 0.323 e. The third-order valence-corrected chi connectivity index (χ3v) is 5.75. The van der Waals surface area contributed by atoms with Gasteiger partial charge in [0.25, 0.3) is 0 Å². The van der Waals surface area contributed by atoms with Crippen LogP contribution in [-0.4, -0.2) is 51.7 Å². The van der Waals surface area contributed by atoms with E-state index in [1.54, 1.807) is 63.3 Å². The van der Waals surface area contributed by atoms with E-state index >= 15 is 0 Å². The molecule has 2 aromatic rings. The van der Waals surface area contributed by atoms with Gasteiger partial charge in [-0.1, -0.05) is 0 Å². The average Bonchev–Trinajstić information content (AvgIpc) is 3.23. The Morgan fingerprint density at radius 2 is 1.64 bits per heavy atom. The summed E-state index contributed by atoms with van der Waals surface area (Å²) in [5.41, 5.74) is 1.49. The molecule has 0 aliphatic carbocycles. The van der Waals surface area contributed by atoms with Gasteiger partial charge < -0.3 is 29.2 Å². The molecule has 0 saturated carbocycles. The van der Waals surface area contributed by atoms with Crippen LogP contribution in [0.2, 0.25) is 0 Å². The molecule has 1 saturated heterocycles. The molecule has 1 aliphatic rings. The standard InChI is InChI=1S/C20H24N2O5S/c1-24-13-6-8-17(26-3)15(11-13)19-22(9-10-28-19)20(23)21-16-7-5-14(25-2)12-18(16)27-4/h5-8,11-12,19H,9-10H2,1-4H3,(H,21,23). The highest BCUT2D eigenvalue weighted by Crippen LogP contribution is 2.43. The molecule has 0 bridgehead atoms. The number of hydrogen-bond acceptors (Lipinski definition) is 6. The first-order valence-corrected chi connectivity index (χ1v) is 9.79. The number of rotatable bonds is 6. The summed E-state index contributed by atoms with van der Waals surface area (Å²) in [6.45, 7) is 0.625. The van der Waals surface area contributed by atoms with E-state index in [1.807, 2.05) is 18.2 Å². The van der Waals surface area contributed by atoms with Gasteiger partial charge in [0.05, 0.1) is 34.1 Å². The first-order chi connectivity index (χ1) is 13.6. The third-order valence-electron chi connectivity index (χ3n) is 4.51. The van der Waals surface area contributed by atoms with Gasteiger partial charge in [0.15, 0.2) is 0 Å². The number of anilines is 1. The summed E-state index contributed by atoms with van der Waals surface area (Å²) in [5.74, 6) is 3.47. The fourth-order valence-corrected chi connectivity index (χ4v) is 4.33. The highest BCUT2D eigenvalue weighted by Gasteiger charge is 2.33. The molecule has 1 heterocycles. The number of hydrogen-bond donors (Lipinski definition) is 1. The van der Waals surface area contributed by atoms with Gasteiger partial charge in [-0.2, -0.15) is 0 Å². The average molecular weight is 404 g/mol. The zero-order chi connectivity index (χ0) is 20.1. The van der Waals surface area contributed by atoms with Crippen LogP contribution in [0.5, 0.6) is 23.0 Å². The van der Waals surface area contributed by atoms with Crippen LogP contribution in [0, 0.1) is 0 Å². The van der Waals surface area contributed by atoms with Crippen LogP contribution in [0.15, 0.2) is 36.4 Å². The van der Waals surface area contributed by atoms with Crippen molar-refractivity contribution in [3.8, 4) is 23.0 Å². The van der Waals surface area contributed by atoms with Crippen LogP contribution >= 0.6 is 11.8 Å². The summed E-state index contributed by atoms with van der Waals surface area (Å²) in [4.78, 5) is 14.8. The molecule has 1 fully saturated rings. The zero-order valence-corrected chi connectivity index (χ0v) is 17.2. The lowest BCUT2D eigenvalue weighted by Crippen LogP contribution is -2.34. The molecule has 3 rings (SSSR count). The summed E-state index contributed by atoms with van der Waals surface area (Å²) in [6, 6.07) is 10.7. The van der Waals surface area contributed by atoms with E-state index in [1.165, 1.54) is 0 Å². The number of thioether (sulfide) groups is 1. The maximum atomic E-state index is 13.0. The van der Waals surface area contributed by atoms with Gasteiger partial charge in [-0.25, -0.2) is 4.79 Å². The lowest BCUT2D eigenvalue weighted by atomic mass is 10.1. The number of carbonyl (C=O) groups excluding carboxylic acids is 1. The maximum absolute atomic E-state index is 13.0. The van der Waals surface area contributed by atoms with E-state index in [0.717, 1.165) is 22.8 Å². The molecule has 8 heteroatoms. The fourth-order valence-electron chi connectivity index (χ4n) is 3.06. The largest absolute Gasteiger partial charge is 0.497 e. The van der Waals surface area contributed by atoms with Crippen LogP contribution < -0.4 is 24.3 Å². The number of urea groups is 1. The number of ether oxygens (including phenoxy) is 4. The molecule has 2 amide bonds. The Labute approximate surface area is 168 Å². The first kappa shape index (κ1) is 20.0. The van der Waals surface area contributed by atoms with E-state index in [-0.39, 0.29) is 11.4 Å². The Morgan fingerprint density at radius 1 is 0.964 bits per heavy atom. The topological polar surface area (TPSA) is 69.3 Å². The van der Waals surface area contributed by atoms with Crippen molar-refractivity contribution in [3.05, 3.63) is 42.0 Å². The van der Waals surface area contributed by atoms with Gasteiger partial charge in [0, 0.05) is 23.9 Å². The maximum Gasteiger partial charge on any atom is 0.323 e. The van der Waals surface area contributed by atoms with Gasteiger partial charge in [-0.05, 0) is 30.3 Å². The van der Waals surface area contributed by atoms with Gasteiger partial charge in [0.1, 0.15) is 28.4 Å². The van der Waals surface area contributed by atoms with E-state index in [4.69, 9.17) is 18.9 Å². The number of nitrogens with zero attached hydrogens (tertiary/aromatic N) is 1. The molecule has 1 aliphatic heterocycles. The van der Waals surface area contributed by atoms with Gasteiger partial charge in [-0.15, -0.1) is 11.8 Å². The van der Waals surface area contributed by atoms with Crippen molar-refractivity contribution in [3.63, 3.8) is 0 Å². The van der Waals surface area contributed by atoms with E-state index < -0.39 is 0 Å². The summed E-state index contributed by atoms with van der Waals surface area (Å²) in [6.07, 6.45) is 0. The number of nitrogens with one attached hydrogen (secondary N) is 1. The van der Waals surface area contributed by atoms with Crippen molar-refractivity contribution < 1.29 is 23.7 Å².